The number of amides is 1. The van der Waals surface area contributed by atoms with Gasteiger partial charge in [-0.3, -0.25) is 9.69 Å². The molecule has 2 N–H and O–H groups in total. The van der Waals surface area contributed by atoms with Gasteiger partial charge in [0.05, 0.1) is 17.0 Å². The molecule has 1 saturated heterocycles. The van der Waals surface area contributed by atoms with Gasteiger partial charge in [-0.05, 0) is 36.9 Å². The molecule has 1 aliphatic rings. The zero-order chi connectivity index (χ0) is 23.0. The molecule has 9 heteroatoms. The molecule has 1 fully saturated rings. The lowest BCUT2D eigenvalue weighted by Crippen LogP contribution is -2.47. The molecule has 2 aromatic carbocycles. The second-order valence-electron chi connectivity index (χ2n) is 7.87. The quantitative estimate of drug-likeness (QED) is 0.557. The summed E-state index contributed by atoms with van der Waals surface area (Å²) in [5, 5.41) is 11.7. The molecule has 1 heterocycles. The number of nitrogens with zero attached hydrogens (tertiary/aromatic N) is 3. The van der Waals surface area contributed by atoms with Gasteiger partial charge in [-0.15, -0.1) is 0 Å². The van der Waals surface area contributed by atoms with Crippen LogP contribution in [0.15, 0.2) is 59.5 Å². The number of sulfonamides is 1. The Morgan fingerprint density at radius 1 is 1.06 bits per heavy atom. The number of carbonyl (C=O) groups is 1. The molecule has 1 atom stereocenters. The second kappa shape index (κ2) is 11.2. The first kappa shape index (κ1) is 23.9. The van der Waals surface area contributed by atoms with E-state index >= 15 is 0 Å². The minimum atomic E-state index is -3.71. The third kappa shape index (κ3) is 6.61. The van der Waals surface area contributed by atoms with Gasteiger partial charge in [0.2, 0.25) is 10.0 Å². The third-order valence-electron chi connectivity index (χ3n) is 5.50. The van der Waals surface area contributed by atoms with Gasteiger partial charge in [0.15, 0.2) is 0 Å². The molecule has 0 aliphatic carbocycles. The van der Waals surface area contributed by atoms with Gasteiger partial charge in [-0.1, -0.05) is 30.3 Å². The van der Waals surface area contributed by atoms with Gasteiger partial charge in [0.1, 0.15) is 0 Å². The SMILES string of the molecule is CN1CCN(CC(NC(=O)c2ccc(S(=O)(=O)NCCC#N)cc2)c2ccccc2)CC1. The van der Waals surface area contributed by atoms with Gasteiger partial charge >= 0.3 is 0 Å². The Labute approximate surface area is 189 Å². The van der Waals surface area contributed by atoms with E-state index in [1.807, 2.05) is 36.4 Å². The summed E-state index contributed by atoms with van der Waals surface area (Å²) in [5.74, 6) is -0.255. The number of hydrogen-bond acceptors (Lipinski definition) is 6. The summed E-state index contributed by atoms with van der Waals surface area (Å²) in [6, 6.07) is 17.4. The molecule has 1 aliphatic heterocycles. The van der Waals surface area contributed by atoms with Crippen molar-refractivity contribution in [3.63, 3.8) is 0 Å². The van der Waals surface area contributed by atoms with Crippen LogP contribution < -0.4 is 10.0 Å². The number of hydrogen-bond donors (Lipinski definition) is 2. The smallest absolute Gasteiger partial charge is 0.251 e. The van der Waals surface area contributed by atoms with Crippen molar-refractivity contribution >= 4 is 15.9 Å². The van der Waals surface area contributed by atoms with E-state index in [4.69, 9.17) is 5.26 Å². The van der Waals surface area contributed by atoms with Crippen molar-refractivity contribution in [2.45, 2.75) is 17.4 Å². The van der Waals surface area contributed by atoms with Crippen LogP contribution in [0.3, 0.4) is 0 Å². The number of nitriles is 1. The molecule has 3 rings (SSSR count). The zero-order valence-electron chi connectivity index (χ0n) is 18.2. The predicted molar refractivity (Wildman–Crippen MR) is 122 cm³/mol. The van der Waals surface area contributed by atoms with E-state index in [1.54, 1.807) is 0 Å². The molecular weight excluding hydrogens is 426 g/mol. The summed E-state index contributed by atoms with van der Waals surface area (Å²) >= 11 is 0. The molecule has 0 bridgehead atoms. The van der Waals surface area contributed by atoms with E-state index in [-0.39, 0.29) is 29.8 Å². The monoisotopic (exact) mass is 455 g/mol. The Balaban J connectivity index is 1.69. The topological polar surface area (TPSA) is 106 Å². The van der Waals surface area contributed by atoms with Crippen LogP contribution >= 0.6 is 0 Å². The summed E-state index contributed by atoms with van der Waals surface area (Å²) in [4.78, 5) is 17.7. The molecule has 2 aromatic rings. The van der Waals surface area contributed by atoms with Crippen molar-refractivity contribution in [1.82, 2.24) is 19.8 Å². The maximum absolute atomic E-state index is 13.0. The van der Waals surface area contributed by atoms with Crippen LogP contribution in [0.4, 0.5) is 0 Å². The summed E-state index contributed by atoms with van der Waals surface area (Å²) in [6.07, 6.45) is 0.0912. The van der Waals surface area contributed by atoms with Gasteiger partial charge in [0.25, 0.3) is 5.91 Å². The molecule has 0 aromatic heterocycles. The Kier molecular flexibility index (Phi) is 8.36. The van der Waals surface area contributed by atoms with Gasteiger partial charge in [-0.2, -0.15) is 5.26 Å². The van der Waals surface area contributed by atoms with Crippen LogP contribution in [0.1, 0.15) is 28.4 Å². The fraction of sp³-hybridized carbons (Fsp3) is 0.391. The fourth-order valence-corrected chi connectivity index (χ4v) is 4.59. The van der Waals surface area contributed by atoms with Crippen molar-refractivity contribution < 1.29 is 13.2 Å². The largest absolute Gasteiger partial charge is 0.344 e. The van der Waals surface area contributed by atoms with Crippen molar-refractivity contribution in [2.24, 2.45) is 0 Å². The minimum Gasteiger partial charge on any atom is -0.344 e. The van der Waals surface area contributed by atoms with Crippen LogP contribution in [0.5, 0.6) is 0 Å². The molecule has 1 amide bonds. The van der Waals surface area contributed by atoms with Crippen LogP contribution in [0, 0.1) is 11.3 Å². The number of piperazine rings is 1. The summed E-state index contributed by atoms with van der Waals surface area (Å²) < 4.78 is 26.9. The van der Waals surface area contributed by atoms with E-state index in [0.717, 1.165) is 31.7 Å². The summed E-state index contributed by atoms with van der Waals surface area (Å²) in [7, 11) is -1.60. The first-order valence-electron chi connectivity index (χ1n) is 10.6. The van der Waals surface area contributed by atoms with Gasteiger partial charge in [-0.25, -0.2) is 13.1 Å². The van der Waals surface area contributed by atoms with Crippen LogP contribution in [0.25, 0.3) is 0 Å². The average molecular weight is 456 g/mol. The molecule has 170 valence electrons. The Hall–Kier alpha value is -2.77. The molecular formula is C23H29N5O3S. The second-order valence-corrected chi connectivity index (χ2v) is 9.64. The number of carbonyl (C=O) groups excluding carboxylic acids is 1. The zero-order valence-corrected chi connectivity index (χ0v) is 19.0. The van der Waals surface area contributed by atoms with Crippen molar-refractivity contribution in [2.75, 3.05) is 46.3 Å². The lowest BCUT2D eigenvalue weighted by Gasteiger charge is -2.35. The summed E-state index contributed by atoms with van der Waals surface area (Å²) in [6.45, 7) is 4.63. The maximum Gasteiger partial charge on any atom is 0.251 e. The lowest BCUT2D eigenvalue weighted by molar-refractivity contribution is 0.0907. The number of benzene rings is 2. The molecule has 0 saturated carbocycles. The Morgan fingerprint density at radius 2 is 1.72 bits per heavy atom. The first-order chi connectivity index (χ1) is 15.4. The fourth-order valence-electron chi connectivity index (χ4n) is 3.56. The van der Waals surface area contributed by atoms with E-state index in [0.29, 0.717) is 12.1 Å². The minimum absolute atomic E-state index is 0.0477. The van der Waals surface area contributed by atoms with E-state index in [1.165, 1.54) is 24.3 Å². The van der Waals surface area contributed by atoms with Crippen molar-refractivity contribution in [1.29, 1.82) is 5.26 Å². The van der Waals surface area contributed by atoms with Crippen LogP contribution in [-0.4, -0.2) is 70.4 Å². The van der Waals surface area contributed by atoms with E-state index < -0.39 is 10.0 Å². The van der Waals surface area contributed by atoms with E-state index in [9.17, 15) is 13.2 Å². The highest BCUT2D eigenvalue weighted by Gasteiger charge is 2.22. The normalized spacial score (nSPS) is 16.2. The number of rotatable bonds is 9. The standard InChI is InChI=1S/C23H29N5O3S/c1-27-14-16-28(17-15-27)18-22(19-6-3-2-4-7-19)26-23(29)20-8-10-21(11-9-20)32(30,31)25-13-5-12-24/h2-4,6-11,22,25H,5,13-18H2,1H3,(H,26,29). The highest BCUT2D eigenvalue weighted by atomic mass is 32.2. The van der Waals surface area contributed by atoms with E-state index in [2.05, 4.69) is 26.9 Å². The van der Waals surface area contributed by atoms with Gasteiger partial charge < -0.3 is 10.2 Å². The molecule has 1 unspecified atom stereocenters. The number of nitrogens with one attached hydrogen (secondary N) is 2. The van der Waals surface area contributed by atoms with Crippen LogP contribution in [0.2, 0.25) is 0 Å². The first-order valence-corrected chi connectivity index (χ1v) is 12.1. The van der Waals surface area contributed by atoms with Crippen molar-refractivity contribution in [3.05, 3.63) is 65.7 Å². The third-order valence-corrected chi connectivity index (χ3v) is 6.98. The Morgan fingerprint density at radius 3 is 2.34 bits per heavy atom. The highest BCUT2D eigenvalue weighted by Crippen LogP contribution is 2.17. The molecule has 0 spiro atoms. The predicted octanol–water partition coefficient (Wildman–Crippen LogP) is 1.60. The maximum atomic E-state index is 13.0. The van der Waals surface area contributed by atoms with Crippen molar-refractivity contribution in [3.8, 4) is 6.07 Å². The average Bonchev–Trinajstić information content (AvgIpc) is 2.81. The number of likely N-dealkylation sites (N-methyl/N-ethyl adjacent to an activating group) is 1. The molecule has 32 heavy (non-hydrogen) atoms. The lowest BCUT2D eigenvalue weighted by atomic mass is 10.0. The summed E-state index contributed by atoms with van der Waals surface area (Å²) in [5.41, 5.74) is 1.42. The Bertz CT molecular complexity index is 1030. The van der Waals surface area contributed by atoms with Crippen LogP contribution in [-0.2, 0) is 10.0 Å². The van der Waals surface area contributed by atoms with Gasteiger partial charge in [0, 0.05) is 51.3 Å². The highest BCUT2D eigenvalue weighted by molar-refractivity contribution is 7.89. The molecule has 0 radical (unpaired) electrons. The molecule has 8 nitrogen and oxygen atoms in total.